The lowest BCUT2D eigenvalue weighted by atomic mass is 10.1. The molecule has 2 rings (SSSR count). The van der Waals surface area contributed by atoms with Crippen LogP contribution in [0.15, 0.2) is 18.2 Å². The van der Waals surface area contributed by atoms with Gasteiger partial charge < -0.3 is 20.9 Å². The van der Waals surface area contributed by atoms with E-state index in [1.165, 1.54) is 6.07 Å². The molecule has 4 N–H and O–H groups in total. The number of hydrogen-bond donors (Lipinski definition) is 2. The van der Waals surface area contributed by atoms with Crippen LogP contribution in [0.4, 0.5) is 5.69 Å². The van der Waals surface area contributed by atoms with E-state index < -0.39 is 5.91 Å². The second kappa shape index (κ2) is 5.05. The summed E-state index contributed by atoms with van der Waals surface area (Å²) in [5.74, 6) is -0.0297. The van der Waals surface area contributed by atoms with Crippen LogP contribution in [0.2, 0.25) is 0 Å². The largest absolute Gasteiger partial charge is 0.489 e. The smallest absolute Gasteiger partial charge is 0.252 e. The highest BCUT2D eigenvalue weighted by atomic mass is 16.5. The monoisotopic (exact) mass is 236 g/mol. The van der Waals surface area contributed by atoms with Gasteiger partial charge in [0.25, 0.3) is 5.91 Å². The maximum absolute atomic E-state index is 11.3. The number of primary amides is 1. The SMILES string of the molecule is NC(=O)c1cc(N)ccc1OC1CCOCC1. The van der Waals surface area contributed by atoms with Crippen molar-refractivity contribution in [2.45, 2.75) is 18.9 Å². The molecule has 0 spiro atoms. The van der Waals surface area contributed by atoms with Crippen molar-refractivity contribution in [1.29, 1.82) is 0 Å². The molecule has 1 aromatic rings. The molecule has 0 radical (unpaired) electrons. The van der Waals surface area contributed by atoms with Gasteiger partial charge in [-0.05, 0) is 18.2 Å². The number of amides is 1. The molecule has 0 atom stereocenters. The van der Waals surface area contributed by atoms with Crippen LogP contribution in [-0.4, -0.2) is 25.2 Å². The highest BCUT2D eigenvalue weighted by molar-refractivity contribution is 5.96. The number of benzene rings is 1. The van der Waals surface area contributed by atoms with Gasteiger partial charge in [-0.3, -0.25) is 4.79 Å². The second-order valence-corrected chi connectivity index (χ2v) is 4.05. The molecular weight excluding hydrogens is 220 g/mol. The number of nitrogens with two attached hydrogens (primary N) is 2. The van der Waals surface area contributed by atoms with Gasteiger partial charge in [0.15, 0.2) is 0 Å². The van der Waals surface area contributed by atoms with Crippen molar-refractivity contribution in [2.75, 3.05) is 18.9 Å². The number of carbonyl (C=O) groups is 1. The standard InChI is InChI=1S/C12H16N2O3/c13-8-1-2-11(10(7-8)12(14)15)17-9-3-5-16-6-4-9/h1-2,7,9H,3-6,13H2,(H2,14,15). The lowest BCUT2D eigenvalue weighted by Gasteiger charge is -2.24. The Morgan fingerprint density at radius 1 is 1.35 bits per heavy atom. The van der Waals surface area contributed by atoms with Gasteiger partial charge >= 0.3 is 0 Å². The molecule has 1 aliphatic heterocycles. The second-order valence-electron chi connectivity index (χ2n) is 4.05. The summed E-state index contributed by atoms with van der Waals surface area (Å²) in [5.41, 5.74) is 11.7. The van der Waals surface area contributed by atoms with E-state index >= 15 is 0 Å². The van der Waals surface area contributed by atoms with E-state index in [-0.39, 0.29) is 6.10 Å². The Hall–Kier alpha value is -1.75. The van der Waals surface area contributed by atoms with E-state index in [1.54, 1.807) is 12.1 Å². The summed E-state index contributed by atoms with van der Waals surface area (Å²) in [6.45, 7) is 1.37. The fourth-order valence-electron chi connectivity index (χ4n) is 1.82. The summed E-state index contributed by atoms with van der Waals surface area (Å²) in [5, 5.41) is 0. The Morgan fingerprint density at radius 2 is 2.06 bits per heavy atom. The minimum atomic E-state index is -0.528. The first kappa shape index (κ1) is 11.7. The van der Waals surface area contributed by atoms with E-state index in [1.807, 2.05) is 0 Å². The van der Waals surface area contributed by atoms with Gasteiger partial charge in [0.1, 0.15) is 11.9 Å². The summed E-state index contributed by atoms with van der Waals surface area (Å²) in [4.78, 5) is 11.3. The molecular formula is C12H16N2O3. The summed E-state index contributed by atoms with van der Waals surface area (Å²) < 4.78 is 11.0. The Bertz CT molecular complexity index is 414. The van der Waals surface area contributed by atoms with Gasteiger partial charge in [0.05, 0.1) is 18.8 Å². The minimum absolute atomic E-state index is 0.0745. The molecule has 1 aromatic carbocycles. The number of carbonyl (C=O) groups excluding carboxylic acids is 1. The van der Waals surface area contributed by atoms with E-state index in [4.69, 9.17) is 20.9 Å². The molecule has 0 aliphatic carbocycles. The van der Waals surface area contributed by atoms with Crippen LogP contribution < -0.4 is 16.2 Å². The van der Waals surface area contributed by atoms with Gasteiger partial charge in [0, 0.05) is 18.5 Å². The van der Waals surface area contributed by atoms with Crippen LogP contribution in [0, 0.1) is 0 Å². The first-order valence-electron chi connectivity index (χ1n) is 5.60. The van der Waals surface area contributed by atoms with Crippen LogP contribution in [0.5, 0.6) is 5.75 Å². The van der Waals surface area contributed by atoms with E-state index in [2.05, 4.69) is 0 Å². The Balaban J connectivity index is 2.16. The fourth-order valence-corrected chi connectivity index (χ4v) is 1.82. The molecule has 1 aliphatic rings. The van der Waals surface area contributed by atoms with Crippen molar-refractivity contribution < 1.29 is 14.3 Å². The molecule has 17 heavy (non-hydrogen) atoms. The highest BCUT2D eigenvalue weighted by Gasteiger charge is 2.18. The van der Waals surface area contributed by atoms with Crippen molar-refractivity contribution in [3.05, 3.63) is 23.8 Å². The summed E-state index contributed by atoms with van der Waals surface area (Å²) in [6.07, 6.45) is 1.72. The number of anilines is 1. The van der Waals surface area contributed by atoms with E-state index in [0.717, 1.165) is 12.8 Å². The number of nitrogen functional groups attached to an aromatic ring is 1. The molecule has 1 saturated heterocycles. The van der Waals surface area contributed by atoms with Crippen molar-refractivity contribution in [1.82, 2.24) is 0 Å². The quantitative estimate of drug-likeness (QED) is 0.764. The van der Waals surface area contributed by atoms with E-state index in [9.17, 15) is 4.79 Å². The molecule has 1 fully saturated rings. The third kappa shape index (κ3) is 2.88. The van der Waals surface area contributed by atoms with Crippen molar-refractivity contribution in [3.63, 3.8) is 0 Å². The molecule has 0 saturated carbocycles. The molecule has 0 bridgehead atoms. The average Bonchev–Trinajstić information content (AvgIpc) is 2.32. The van der Waals surface area contributed by atoms with Crippen LogP contribution in [-0.2, 0) is 4.74 Å². The molecule has 5 nitrogen and oxygen atoms in total. The van der Waals surface area contributed by atoms with Gasteiger partial charge in [-0.1, -0.05) is 0 Å². The van der Waals surface area contributed by atoms with Crippen molar-refractivity contribution >= 4 is 11.6 Å². The number of hydrogen-bond acceptors (Lipinski definition) is 4. The zero-order valence-corrected chi connectivity index (χ0v) is 9.52. The molecule has 0 aromatic heterocycles. The Kier molecular flexibility index (Phi) is 3.49. The lowest BCUT2D eigenvalue weighted by Crippen LogP contribution is -2.27. The van der Waals surface area contributed by atoms with Crippen molar-refractivity contribution in [3.8, 4) is 5.75 Å². The van der Waals surface area contributed by atoms with Gasteiger partial charge in [0.2, 0.25) is 0 Å². The molecule has 1 heterocycles. The maximum atomic E-state index is 11.3. The molecule has 1 amide bonds. The zero-order chi connectivity index (χ0) is 12.3. The molecule has 0 unspecified atom stereocenters. The van der Waals surface area contributed by atoms with Gasteiger partial charge in [-0.2, -0.15) is 0 Å². The molecule has 5 heteroatoms. The highest BCUT2D eigenvalue weighted by Crippen LogP contribution is 2.24. The Labute approximate surface area is 99.7 Å². The van der Waals surface area contributed by atoms with Crippen LogP contribution >= 0.6 is 0 Å². The summed E-state index contributed by atoms with van der Waals surface area (Å²) in [7, 11) is 0. The number of rotatable bonds is 3. The lowest BCUT2D eigenvalue weighted by molar-refractivity contribution is 0.0252. The first-order chi connectivity index (χ1) is 8.16. The minimum Gasteiger partial charge on any atom is -0.489 e. The predicted octanol–water partition coefficient (Wildman–Crippen LogP) is 0.925. The predicted molar refractivity (Wildman–Crippen MR) is 63.8 cm³/mol. The first-order valence-corrected chi connectivity index (χ1v) is 5.60. The van der Waals surface area contributed by atoms with Gasteiger partial charge in [-0.25, -0.2) is 0 Å². The third-order valence-corrected chi connectivity index (χ3v) is 2.73. The Morgan fingerprint density at radius 3 is 2.71 bits per heavy atom. The fraction of sp³-hybridized carbons (Fsp3) is 0.417. The third-order valence-electron chi connectivity index (χ3n) is 2.73. The topological polar surface area (TPSA) is 87.6 Å². The average molecular weight is 236 g/mol. The molecule has 92 valence electrons. The van der Waals surface area contributed by atoms with Crippen LogP contribution in [0.1, 0.15) is 23.2 Å². The van der Waals surface area contributed by atoms with Crippen LogP contribution in [0.25, 0.3) is 0 Å². The van der Waals surface area contributed by atoms with Gasteiger partial charge in [-0.15, -0.1) is 0 Å². The summed E-state index contributed by atoms with van der Waals surface area (Å²) in [6, 6.07) is 4.92. The number of ether oxygens (including phenoxy) is 2. The maximum Gasteiger partial charge on any atom is 0.252 e. The summed E-state index contributed by atoms with van der Waals surface area (Å²) >= 11 is 0. The van der Waals surface area contributed by atoms with E-state index in [0.29, 0.717) is 30.2 Å². The zero-order valence-electron chi connectivity index (χ0n) is 9.52. The normalized spacial score (nSPS) is 16.7. The van der Waals surface area contributed by atoms with Crippen molar-refractivity contribution in [2.24, 2.45) is 5.73 Å². The van der Waals surface area contributed by atoms with Crippen LogP contribution in [0.3, 0.4) is 0 Å².